The molecule has 0 fully saturated rings. The quantitative estimate of drug-likeness (QED) is 0.803. The van der Waals surface area contributed by atoms with Crippen molar-refractivity contribution in [3.05, 3.63) is 28.7 Å². The first-order valence-electron chi connectivity index (χ1n) is 5.91. The van der Waals surface area contributed by atoms with Gasteiger partial charge < -0.3 is 9.05 Å². The van der Waals surface area contributed by atoms with Crippen molar-refractivity contribution < 1.29 is 9.05 Å². The van der Waals surface area contributed by atoms with Crippen molar-refractivity contribution >= 4 is 0 Å². The van der Waals surface area contributed by atoms with Crippen molar-refractivity contribution in [3.63, 3.8) is 0 Å². The first kappa shape index (κ1) is 12.3. The average molecular weight is 246 g/mol. The molecule has 6 nitrogen and oxygen atoms in total. The highest BCUT2D eigenvalue weighted by molar-refractivity contribution is 5.36. The van der Waals surface area contributed by atoms with E-state index in [-0.39, 0.29) is 0 Å². The van der Waals surface area contributed by atoms with Crippen molar-refractivity contribution in [2.45, 2.75) is 39.5 Å². The Morgan fingerprint density at radius 1 is 1.28 bits per heavy atom. The van der Waals surface area contributed by atoms with Crippen LogP contribution < -0.4 is 0 Å². The molecule has 0 aliphatic rings. The summed E-state index contributed by atoms with van der Waals surface area (Å²) in [4.78, 5) is 4.26. The fraction of sp³-hybridized carbons (Fsp3) is 0.500. The van der Waals surface area contributed by atoms with Gasteiger partial charge in [-0.1, -0.05) is 23.7 Å². The Bertz CT molecular complexity index is 565. The van der Waals surface area contributed by atoms with Crippen molar-refractivity contribution in [2.24, 2.45) is 0 Å². The van der Waals surface area contributed by atoms with Gasteiger partial charge in [0.25, 0.3) is 0 Å². The van der Waals surface area contributed by atoms with Crippen LogP contribution in [0.5, 0.6) is 0 Å². The van der Waals surface area contributed by atoms with Gasteiger partial charge in [0, 0.05) is 6.42 Å². The third-order valence-corrected chi connectivity index (χ3v) is 2.63. The lowest BCUT2D eigenvalue weighted by Gasteiger charge is -1.89. The number of aryl methyl sites for hydroxylation is 2. The van der Waals surface area contributed by atoms with Gasteiger partial charge >= 0.3 is 0 Å². The molecule has 2 rings (SSSR count). The summed E-state index contributed by atoms with van der Waals surface area (Å²) in [5, 5.41) is 16.7. The second-order valence-corrected chi connectivity index (χ2v) is 4.06. The lowest BCUT2D eigenvalue weighted by Crippen LogP contribution is -1.93. The molecular formula is C12H14N4O2. The molecule has 2 aromatic heterocycles. The molecule has 18 heavy (non-hydrogen) atoms. The Labute approximate surface area is 105 Å². The van der Waals surface area contributed by atoms with Crippen molar-refractivity contribution in [2.75, 3.05) is 0 Å². The SMILES string of the molecule is CCCCc1noc(Cc2noc(C)c2C#N)n1. The van der Waals surface area contributed by atoms with Crippen LogP contribution in [0.25, 0.3) is 0 Å². The second kappa shape index (κ2) is 5.45. The normalized spacial score (nSPS) is 10.5. The molecule has 2 heterocycles. The Morgan fingerprint density at radius 3 is 2.83 bits per heavy atom. The summed E-state index contributed by atoms with van der Waals surface area (Å²) in [5.41, 5.74) is 0.990. The molecular weight excluding hydrogens is 232 g/mol. The van der Waals surface area contributed by atoms with Crippen LogP contribution in [-0.4, -0.2) is 15.3 Å². The summed E-state index contributed by atoms with van der Waals surface area (Å²) in [6, 6.07) is 2.06. The highest BCUT2D eigenvalue weighted by Crippen LogP contribution is 2.15. The van der Waals surface area contributed by atoms with Gasteiger partial charge in [0.1, 0.15) is 17.3 Å². The molecule has 0 radical (unpaired) electrons. The zero-order valence-electron chi connectivity index (χ0n) is 10.4. The zero-order valence-corrected chi connectivity index (χ0v) is 10.4. The van der Waals surface area contributed by atoms with Gasteiger partial charge in [0.15, 0.2) is 11.6 Å². The van der Waals surface area contributed by atoms with Gasteiger partial charge in [-0.3, -0.25) is 0 Å². The van der Waals surface area contributed by atoms with Gasteiger partial charge in [-0.15, -0.1) is 0 Å². The molecule has 0 aromatic carbocycles. The zero-order chi connectivity index (χ0) is 13.0. The number of aromatic nitrogens is 3. The summed E-state index contributed by atoms with van der Waals surface area (Å²) >= 11 is 0. The monoisotopic (exact) mass is 246 g/mol. The molecule has 0 bridgehead atoms. The summed E-state index contributed by atoms with van der Waals surface area (Å²) in [6.07, 6.45) is 3.26. The van der Waals surface area contributed by atoms with Crippen LogP contribution in [0.3, 0.4) is 0 Å². The number of unbranched alkanes of at least 4 members (excludes halogenated alkanes) is 1. The summed E-state index contributed by atoms with van der Waals surface area (Å²) in [7, 11) is 0. The number of nitrogens with zero attached hydrogens (tertiary/aromatic N) is 4. The maximum Gasteiger partial charge on any atom is 0.232 e. The van der Waals surface area contributed by atoms with Gasteiger partial charge in [0.05, 0.1) is 6.42 Å². The van der Waals surface area contributed by atoms with Gasteiger partial charge in [-0.05, 0) is 13.3 Å². The fourth-order valence-corrected chi connectivity index (χ4v) is 1.62. The maximum atomic E-state index is 8.97. The standard InChI is InChI=1S/C12H14N4O2/c1-3-4-5-11-14-12(18-16-11)6-10-9(7-13)8(2)17-15-10/h3-6H2,1-2H3. The predicted molar refractivity (Wildman–Crippen MR) is 61.7 cm³/mol. The lowest BCUT2D eigenvalue weighted by atomic mass is 10.1. The van der Waals surface area contributed by atoms with Crippen LogP contribution in [0.1, 0.15) is 48.5 Å². The first-order valence-corrected chi connectivity index (χ1v) is 5.91. The van der Waals surface area contributed by atoms with Crippen LogP contribution in [0, 0.1) is 18.3 Å². The molecule has 0 aliphatic heterocycles. The van der Waals surface area contributed by atoms with E-state index in [2.05, 4.69) is 28.3 Å². The van der Waals surface area contributed by atoms with E-state index in [1.54, 1.807) is 6.92 Å². The van der Waals surface area contributed by atoms with Gasteiger partial charge in [-0.2, -0.15) is 10.2 Å². The van der Waals surface area contributed by atoms with Crippen molar-refractivity contribution in [1.29, 1.82) is 5.26 Å². The third-order valence-electron chi connectivity index (χ3n) is 2.63. The van der Waals surface area contributed by atoms with E-state index in [0.29, 0.717) is 35.2 Å². The summed E-state index contributed by atoms with van der Waals surface area (Å²) < 4.78 is 10.1. The molecule has 0 saturated carbocycles. The van der Waals surface area contributed by atoms with Crippen molar-refractivity contribution in [3.8, 4) is 6.07 Å². The number of hydrogen-bond acceptors (Lipinski definition) is 6. The molecule has 2 aromatic rings. The number of nitriles is 1. The van der Waals surface area contributed by atoms with Gasteiger partial charge in [-0.25, -0.2) is 0 Å². The minimum Gasteiger partial charge on any atom is -0.360 e. The molecule has 0 saturated heterocycles. The molecule has 0 aliphatic carbocycles. The van der Waals surface area contributed by atoms with E-state index in [1.165, 1.54) is 0 Å². The number of rotatable bonds is 5. The molecule has 6 heteroatoms. The fourth-order valence-electron chi connectivity index (χ4n) is 1.62. The topological polar surface area (TPSA) is 88.7 Å². The van der Waals surface area contributed by atoms with E-state index >= 15 is 0 Å². The largest absolute Gasteiger partial charge is 0.360 e. The molecule has 0 unspecified atom stereocenters. The molecule has 94 valence electrons. The smallest absolute Gasteiger partial charge is 0.232 e. The van der Waals surface area contributed by atoms with E-state index in [4.69, 9.17) is 14.3 Å². The van der Waals surface area contributed by atoms with E-state index in [1.807, 2.05) is 0 Å². The van der Waals surface area contributed by atoms with Crippen LogP contribution in [0.15, 0.2) is 9.05 Å². The van der Waals surface area contributed by atoms with Crippen LogP contribution in [0.2, 0.25) is 0 Å². The summed E-state index contributed by atoms with van der Waals surface area (Å²) in [6.45, 7) is 3.81. The van der Waals surface area contributed by atoms with Crippen LogP contribution >= 0.6 is 0 Å². The Morgan fingerprint density at radius 2 is 2.11 bits per heavy atom. The van der Waals surface area contributed by atoms with Crippen LogP contribution in [-0.2, 0) is 12.8 Å². The Hall–Kier alpha value is -2.16. The minimum absolute atomic E-state index is 0.333. The molecule has 0 spiro atoms. The molecule has 0 N–H and O–H groups in total. The predicted octanol–water partition coefficient (Wildman–Crippen LogP) is 2.17. The van der Waals surface area contributed by atoms with Gasteiger partial charge in [0.2, 0.25) is 5.89 Å². The second-order valence-electron chi connectivity index (χ2n) is 4.06. The highest BCUT2D eigenvalue weighted by atomic mass is 16.5. The minimum atomic E-state index is 0.333. The highest BCUT2D eigenvalue weighted by Gasteiger charge is 2.16. The number of hydrogen-bond donors (Lipinski definition) is 0. The molecule has 0 amide bonds. The third kappa shape index (κ3) is 2.56. The maximum absolute atomic E-state index is 8.97. The van der Waals surface area contributed by atoms with E-state index in [0.717, 1.165) is 19.3 Å². The Balaban J connectivity index is 2.09. The van der Waals surface area contributed by atoms with Crippen LogP contribution in [0.4, 0.5) is 0 Å². The average Bonchev–Trinajstić information content (AvgIpc) is 2.95. The first-order chi connectivity index (χ1) is 8.74. The molecule has 0 atom stereocenters. The van der Waals surface area contributed by atoms with Crippen molar-refractivity contribution in [1.82, 2.24) is 15.3 Å². The summed E-state index contributed by atoms with van der Waals surface area (Å²) in [5.74, 6) is 1.68. The van der Waals surface area contributed by atoms with E-state index in [9.17, 15) is 0 Å². The Kier molecular flexibility index (Phi) is 3.72. The van der Waals surface area contributed by atoms with E-state index < -0.39 is 0 Å². The lowest BCUT2D eigenvalue weighted by molar-refractivity contribution is 0.367.